The lowest BCUT2D eigenvalue weighted by molar-refractivity contribution is 0.0926. The lowest BCUT2D eigenvalue weighted by Crippen LogP contribution is -2.36. The number of hydrogen-bond acceptors (Lipinski definition) is 2. The van der Waals surface area contributed by atoms with Gasteiger partial charge in [0.05, 0.1) is 11.6 Å². The van der Waals surface area contributed by atoms with Gasteiger partial charge in [-0.15, -0.1) is 0 Å². The number of benzene rings is 2. The molecule has 0 aromatic heterocycles. The molecule has 110 valence electrons. The zero-order valence-corrected chi connectivity index (χ0v) is 13.7. The highest BCUT2D eigenvalue weighted by Gasteiger charge is 2.12. The molecule has 0 fully saturated rings. The van der Waals surface area contributed by atoms with Crippen LogP contribution in [0.5, 0.6) is 5.75 Å². The highest BCUT2D eigenvalue weighted by atomic mass is 79.9. The highest BCUT2D eigenvalue weighted by Crippen LogP contribution is 2.16. The molecule has 21 heavy (non-hydrogen) atoms. The number of nitrogens with one attached hydrogen (secondary N) is 1. The SMILES string of the molecule is Cc1ccc(OC[C@@H](C)NC(=O)c2ccccc2Br)cc1. The second-order valence-corrected chi connectivity index (χ2v) is 5.83. The van der Waals surface area contributed by atoms with Crippen LogP contribution in [-0.2, 0) is 0 Å². The second-order valence-electron chi connectivity index (χ2n) is 4.98. The Balaban J connectivity index is 1.87. The van der Waals surface area contributed by atoms with Crippen LogP contribution in [0.3, 0.4) is 0 Å². The van der Waals surface area contributed by atoms with Crippen molar-refractivity contribution >= 4 is 21.8 Å². The van der Waals surface area contributed by atoms with Gasteiger partial charge < -0.3 is 10.1 Å². The van der Waals surface area contributed by atoms with Crippen LogP contribution in [0, 0.1) is 6.92 Å². The van der Waals surface area contributed by atoms with E-state index in [0.717, 1.165) is 10.2 Å². The van der Waals surface area contributed by atoms with Crippen LogP contribution in [0.15, 0.2) is 53.0 Å². The van der Waals surface area contributed by atoms with Crippen molar-refractivity contribution in [1.29, 1.82) is 0 Å². The number of halogens is 1. The highest BCUT2D eigenvalue weighted by molar-refractivity contribution is 9.10. The van der Waals surface area contributed by atoms with Gasteiger partial charge in [0, 0.05) is 4.47 Å². The molecule has 0 saturated carbocycles. The van der Waals surface area contributed by atoms with Gasteiger partial charge in [-0.05, 0) is 54.0 Å². The van der Waals surface area contributed by atoms with Crippen molar-refractivity contribution < 1.29 is 9.53 Å². The molecule has 0 aliphatic carbocycles. The second kappa shape index (κ2) is 7.27. The van der Waals surface area contributed by atoms with Crippen molar-refractivity contribution in [1.82, 2.24) is 5.32 Å². The molecule has 0 radical (unpaired) electrons. The number of carbonyl (C=O) groups is 1. The molecule has 4 heteroatoms. The Morgan fingerprint density at radius 3 is 2.52 bits per heavy atom. The van der Waals surface area contributed by atoms with Gasteiger partial charge in [-0.25, -0.2) is 0 Å². The molecule has 0 spiro atoms. The van der Waals surface area contributed by atoms with E-state index < -0.39 is 0 Å². The molecule has 0 aliphatic heterocycles. The van der Waals surface area contributed by atoms with E-state index in [9.17, 15) is 4.79 Å². The van der Waals surface area contributed by atoms with E-state index in [-0.39, 0.29) is 11.9 Å². The predicted molar refractivity (Wildman–Crippen MR) is 87.7 cm³/mol. The fraction of sp³-hybridized carbons (Fsp3) is 0.235. The summed E-state index contributed by atoms with van der Waals surface area (Å²) in [5.41, 5.74) is 1.82. The van der Waals surface area contributed by atoms with Crippen LogP contribution in [0.1, 0.15) is 22.8 Å². The number of aryl methyl sites for hydroxylation is 1. The van der Waals surface area contributed by atoms with Crippen molar-refractivity contribution in [2.75, 3.05) is 6.61 Å². The summed E-state index contributed by atoms with van der Waals surface area (Å²) in [5.74, 6) is 0.699. The third-order valence-electron chi connectivity index (χ3n) is 3.02. The summed E-state index contributed by atoms with van der Waals surface area (Å²) in [4.78, 5) is 12.1. The fourth-order valence-corrected chi connectivity index (χ4v) is 2.31. The van der Waals surface area contributed by atoms with Gasteiger partial charge >= 0.3 is 0 Å². The van der Waals surface area contributed by atoms with Crippen molar-refractivity contribution in [3.05, 3.63) is 64.1 Å². The molecule has 2 rings (SSSR count). The molecular weight excluding hydrogens is 330 g/mol. The molecule has 2 aromatic rings. The lowest BCUT2D eigenvalue weighted by Gasteiger charge is -2.15. The first-order valence-electron chi connectivity index (χ1n) is 6.81. The maximum Gasteiger partial charge on any atom is 0.252 e. The smallest absolute Gasteiger partial charge is 0.252 e. The number of rotatable bonds is 5. The number of hydrogen-bond donors (Lipinski definition) is 1. The molecule has 0 saturated heterocycles. The van der Waals surface area contributed by atoms with E-state index in [4.69, 9.17) is 4.74 Å². The molecule has 0 heterocycles. The number of carbonyl (C=O) groups excluding carboxylic acids is 1. The normalized spacial score (nSPS) is 11.8. The minimum atomic E-state index is -0.109. The van der Waals surface area contributed by atoms with Crippen molar-refractivity contribution in [2.45, 2.75) is 19.9 Å². The Hall–Kier alpha value is -1.81. The van der Waals surface area contributed by atoms with E-state index in [0.29, 0.717) is 12.2 Å². The predicted octanol–water partition coefficient (Wildman–Crippen LogP) is 3.95. The van der Waals surface area contributed by atoms with Crippen LogP contribution >= 0.6 is 15.9 Å². The number of amides is 1. The van der Waals surface area contributed by atoms with E-state index >= 15 is 0 Å². The number of ether oxygens (including phenoxy) is 1. The van der Waals surface area contributed by atoms with Gasteiger partial charge in [-0.2, -0.15) is 0 Å². The maximum absolute atomic E-state index is 12.1. The Bertz CT molecular complexity index is 610. The van der Waals surface area contributed by atoms with Gasteiger partial charge in [0.2, 0.25) is 0 Å². The maximum atomic E-state index is 12.1. The first kappa shape index (κ1) is 15.6. The largest absolute Gasteiger partial charge is 0.491 e. The Labute approximate surface area is 133 Å². The minimum Gasteiger partial charge on any atom is -0.491 e. The fourth-order valence-electron chi connectivity index (χ4n) is 1.84. The summed E-state index contributed by atoms with van der Waals surface area (Å²) in [6.07, 6.45) is 0. The zero-order valence-electron chi connectivity index (χ0n) is 12.1. The van der Waals surface area contributed by atoms with Crippen molar-refractivity contribution in [2.24, 2.45) is 0 Å². The third-order valence-corrected chi connectivity index (χ3v) is 3.71. The Morgan fingerprint density at radius 2 is 1.86 bits per heavy atom. The summed E-state index contributed by atoms with van der Waals surface area (Å²) in [5, 5.41) is 2.92. The van der Waals surface area contributed by atoms with Crippen LogP contribution in [-0.4, -0.2) is 18.6 Å². The van der Waals surface area contributed by atoms with E-state index in [2.05, 4.69) is 21.2 Å². The average molecular weight is 348 g/mol. The minimum absolute atomic E-state index is 0.0779. The van der Waals surface area contributed by atoms with Gasteiger partial charge in [-0.3, -0.25) is 4.79 Å². The summed E-state index contributed by atoms with van der Waals surface area (Å²) >= 11 is 3.38. The van der Waals surface area contributed by atoms with E-state index in [1.54, 1.807) is 6.07 Å². The van der Waals surface area contributed by atoms with Crippen LogP contribution in [0.25, 0.3) is 0 Å². The van der Waals surface area contributed by atoms with E-state index in [1.165, 1.54) is 5.56 Å². The molecule has 1 atom stereocenters. The molecule has 3 nitrogen and oxygen atoms in total. The first-order chi connectivity index (χ1) is 10.1. The summed E-state index contributed by atoms with van der Waals surface area (Å²) in [6, 6.07) is 15.1. The standard InChI is InChI=1S/C17H18BrNO2/c1-12-7-9-14(10-8-12)21-11-13(2)19-17(20)15-5-3-4-6-16(15)18/h3-10,13H,11H2,1-2H3,(H,19,20)/t13-/m1/s1. The quantitative estimate of drug-likeness (QED) is 0.888. The van der Waals surface area contributed by atoms with E-state index in [1.807, 2.05) is 56.3 Å². The van der Waals surface area contributed by atoms with Crippen LogP contribution in [0.4, 0.5) is 0 Å². The molecule has 0 aliphatic rings. The van der Waals surface area contributed by atoms with Gasteiger partial charge in [0.1, 0.15) is 12.4 Å². The van der Waals surface area contributed by atoms with Crippen LogP contribution in [0.2, 0.25) is 0 Å². The molecule has 1 amide bonds. The molecular formula is C17H18BrNO2. The molecule has 1 N–H and O–H groups in total. The summed E-state index contributed by atoms with van der Waals surface area (Å²) in [7, 11) is 0. The Kier molecular flexibility index (Phi) is 5.39. The van der Waals surface area contributed by atoms with Crippen molar-refractivity contribution in [3.8, 4) is 5.75 Å². The topological polar surface area (TPSA) is 38.3 Å². The summed E-state index contributed by atoms with van der Waals surface area (Å²) < 4.78 is 6.45. The molecule has 2 aromatic carbocycles. The average Bonchev–Trinajstić information content (AvgIpc) is 2.47. The Morgan fingerprint density at radius 1 is 1.19 bits per heavy atom. The molecule has 0 unspecified atom stereocenters. The van der Waals surface area contributed by atoms with Crippen LogP contribution < -0.4 is 10.1 Å². The van der Waals surface area contributed by atoms with Gasteiger partial charge in [-0.1, -0.05) is 29.8 Å². The third kappa shape index (κ3) is 4.60. The lowest BCUT2D eigenvalue weighted by atomic mass is 10.2. The van der Waals surface area contributed by atoms with Crippen molar-refractivity contribution in [3.63, 3.8) is 0 Å². The van der Waals surface area contributed by atoms with Gasteiger partial charge in [0.25, 0.3) is 5.91 Å². The summed E-state index contributed by atoms with van der Waals surface area (Å²) in [6.45, 7) is 4.38. The molecule has 0 bridgehead atoms. The zero-order chi connectivity index (χ0) is 15.2. The van der Waals surface area contributed by atoms with Gasteiger partial charge in [0.15, 0.2) is 0 Å². The first-order valence-corrected chi connectivity index (χ1v) is 7.60. The monoisotopic (exact) mass is 347 g/mol.